The van der Waals surface area contributed by atoms with Crippen LogP contribution in [0.4, 0.5) is 23.7 Å². The van der Waals surface area contributed by atoms with E-state index in [0.29, 0.717) is 11.5 Å². The number of amides is 2. The number of urea groups is 1. The Hall–Kier alpha value is -2.32. The fourth-order valence-electron chi connectivity index (χ4n) is 1.47. The third-order valence-corrected chi connectivity index (χ3v) is 2.40. The van der Waals surface area contributed by atoms with Crippen LogP contribution in [0.15, 0.2) is 12.1 Å². The van der Waals surface area contributed by atoms with Gasteiger partial charge in [-0.3, -0.25) is 0 Å². The van der Waals surface area contributed by atoms with Crippen molar-refractivity contribution in [2.24, 2.45) is 0 Å². The molecule has 0 unspecified atom stereocenters. The first-order chi connectivity index (χ1) is 9.80. The molecule has 0 fully saturated rings. The van der Waals surface area contributed by atoms with Crippen LogP contribution < -0.4 is 24.8 Å². The molecule has 2 N–H and O–H groups in total. The predicted molar refractivity (Wildman–Crippen MR) is 69.2 cm³/mol. The van der Waals surface area contributed by atoms with Crippen LogP contribution in [-0.2, 0) is 0 Å². The predicted octanol–water partition coefficient (Wildman–Crippen LogP) is 2.40. The second-order valence-electron chi connectivity index (χ2n) is 3.83. The molecule has 0 radical (unpaired) electrons. The highest BCUT2D eigenvalue weighted by Crippen LogP contribution is 2.37. The summed E-state index contributed by atoms with van der Waals surface area (Å²) in [5.74, 6) is 0.870. The van der Waals surface area contributed by atoms with Crippen LogP contribution >= 0.6 is 0 Å². The number of rotatable bonds is 5. The van der Waals surface area contributed by atoms with Crippen LogP contribution in [0.25, 0.3) is 0 Å². The smallest absolute Gasteiger partial charge is 0.405 e. The number of nitrogens with one attached hydrogen (secondary N) is 2. The maximum atomic E-state index is 12.0. The summed E-state index contributed by atoms with van der Waals surface area (Å²) in [6, 6.07) is 1.81. The number of hydrogen-bond acceptors (Lipinski definition) is 4. The van der Waals surface area contributed by atoms with Gasteiger partial charge >= 0.3 is 12.2 Å². The van der Waals surface area contributed by atoms with E-state index in [9.17, 15) is 18.0 Å². The monoisotopic (exact) mass is 308 g/mol. The average Bonchev–Trinajstić information content (AvgIpc) is 2.43. The maximum Gasteiger partial charge on any atom is 0.405 e. The summed E-state index contributed by atoms with van der Waals surface area (Å²) >= 11 is 0. The number of benzene rings is 1. The van der Waals surface area contributed by atoms with E-state index in [1.54, 1.807) is 5.32 Å². The van der Waals surface area contributed by atoms with Crippen molar-refractivity contribution in [2.45, 2.75) is 6.18 Å². The van der Waals surface area contributed by atoms with Crippen molar-refractivity contribution in [3.63, 3.8) is 0 Å². The fourth-order valence-corrected chi connectivity index (χ4v) is 1.47. The molecule has 0 atom stereocenters. The van der Waals surface area contributed by atoms with Gasteiger partial charge in [0.2, 0.25) is 0 Å². The van der Waals surface area contributed by atoms with Crippen molar-refractivity contribution in [2.75, 3.05) is 33.2 Å². The summed E-state index contributed by atoms with van der Waals surface area (Å²) in [5, 5.41) is 3.94. The van der Waals surface area contributed by atoms with Crippen LogP contribution in [0.5, 0.6) is 17.2 Å². The molecule has 0 aromatic heterocycles. The minimum atomic E-state index is -4.49. The summed E-state index contributed by atoms with van der Waals surface area (Å²) in [4.78, 5) is 11.4. The lowest BCUT2D eigenvalue weighted by molar-refractivity contribution is -0.122. The zero-order valence-electron chi connectivity index (χ0n) is 11.6. The standard InChI is InChI=1S/C12H15F3N2O4/c1-19-8-5-10(21-3)9(20-2)4-7(8)17-11(18)16-6-12(13,14)15/h4-5H,6H2,1-3H3,(H2,16,17,18). The molecular weight excluding hydrogens is 293 g/mol. The summed E-state index contributed by atoms with van der Waals surface area (Å²) in [6.07, 6.45) is -4.49. The van der Waals surface area contributed by atoms with E-state index in [1.807, 2.05) is 0 Å². The zero-order valence-corrected chi connectivity index (χ0v) is 11.6. The van der Waals surface area contributed by atoms with Crippen LogP contribution in [-0.4, -0.2) is 40.1 Å². The van der Waals surface area contributed by atoms with E-state index in [1.165, 1.54) is 33.5 Å². The summed E-state index contributed by atoms with van der Waals surface area (Å²) in [5.41, 5.74) is 0.148. The van der Waals surface area contributed by atoms with E-state index in [4.69, 9.17) is 14.2 Å². The zero-order chi connectivity index (χ0) is 16.0. The molecule has 0 heterocycles. The molecule has 1 rings (SSSR count). The first-order valence-corrected chi connectivity index (χ1v) is 5.72. The molecule has 118 valence electrons. The van der Waals surface area contributed by atoms with Gasteiger partial charge in [-0.2, -0.15) is 13.2 Å². The van der Waals surface area contributed by atoms with E-state index < -0.39 is 18.8 Å². The summed E-state index contributed by atoms with van der Waals surface area (Å²) < 4.78 is 51.2. The molecule has 0 spiro atoms. The quantitative estimate of drug-likeness (QED) is 0.876. The molecule has 0 aliphatic heterocycles. The molecule has 2 amide bonds. The highest BCUT2D eigenvalue weighted by Gasteiger charge is 2.27. The Balaban J connectivity index is 2.89. The third kappa shape index (κ3) is 4.93. The number of carbonyl (C=O) groups excluding carboxylic acids is 1. The number of halogens is 3. The highest BCUT2D eigenvalue weighted by atomic mass is 19.4. The van der Waals surface area contributed by atoms with Gasteiger partial charge in [-0.15, -0.1) is 0 Å². The normalized spacial score (nSPS) is 10.8. The van der Waals surface area contributed by atoms with Crippen LogP contribution in [0, 0.1) is 0 Å². The third-order valence-electron chi connectivity index (χ3n) is 2.40. The van der Waals surface area contributed by atoms with Gasteiger partial charge in [-0.25, -0.2) is 4.79 Å². The number of methoxy groups -OCH3 is 3. The molecule has 1 aromatic rings. The van der Waals surface area contributed by atoms with Gasteiger partial charge in [0.05, 0.1) is 27.0 Å². The van der Waals surface area contributed by atoms with Gasteiger partial charge in [0, 0.05) is 12.1 Å². The Morgan fingerprint density at radius 3 is 2.05 bits per heavy atom. The highest BCUT2D eigenvalue weighted by molar-refractivity contribution is 5.91. The lowest BCUT2D eigenvalue weighted by Crippen LogP contribution is -2.36. The Bertz CT molecular complexity index is 506. The Kier molecular flexibility index (Phi) is 5.51. The van der Waals surface area contributed by atoms with E-state index in [-0.39, 0.29) is 11.4 Å². The first-order valence-electron chi connectivity index (χ1n) is 5.72. The van der Waals surface area contributed by atoms with Crippen molar-refractivity contribution in [1.82, 2.24) is 5.32 Å². The number of anilines is 1. The Morgan fingerprint density at radius 2 is 1.57 bits per heavy atom. The van der Waals surface area contributed by atoms with Crippen LogP contribution in [0.3, 0.4) is 0 Å². The minimum absolute atomic E-state index is 0.148. The largest absolute Gasteiger partial charge is 0.494 e. The molecule has 0 bridgehead atoms. The molecule has 0 saturated heterocycles. The van der Waals surface area contributed by atoms with Gasteiger partial charge in [-0.1, -0.05) is 0 Å². The maximum absolute atomic E-state index is 12.0. The minimum Gasteiger partial charge on any atom is -0.494 e. The molecule has 1 aromatic carbocycles. The molecule has 9 heteroatoms. The summed E-state index contributed by atoms with van der Waals surface area (Å²) in [6.45, 7) is -1.44. The van der Waals surface area contributed by atoms with E-state index in [0.717, 1.165) is 0 Å². The van der Waals surface area contributed by atoms with Crippen molar-refractivity contribution < 1.29 is 32.2 Å². The fraction of sp³-hybridized carbons (Fsp3) is 0.417. The number of carbonyl (C=O) groups is 1. The lowest BCUT2D eigenvalue weighted by Gasteiger charge is -2.15. The van der Waals surface area contributed by atoms with Gasteiger partial charge < -0.3 is 24.8 Å². The van der Waals surface area contributed by atoms with Crippen molar-refractivity contribution >= 4 is 11.7 Å². The lowest BCUT2D eigenvalue weighted by atomic mass is 10.2. The van der Waals surface area contributed by atoms with Crippen molar-refractivity contribution in [1.29, 1.82) is 0 Å². The van der Waals surface area contributed by atoms with Crippen LogP contribution in [0.1, 0.15) is 0 Å². The Morgan fingerprint density at radius 1 is 1.05 bits per heavy atom. The number of ether oxygens (including phenoxy) is 3. The Labute approximate surface area is 119 Å². The van der Waals surface area contributed by atoms with Gasteiger partial charge in [0.1, 0.15) is 12.3 Å². The molecule has 0 aliphatic carbocycles. The van der Waals surface area contributed by atoms with E-state index in [2.05, 4.69) is 5.32 Å². The van der Waals surface area contributed by atoms with Crippen molar-refractivity contribution in [3.8, 4) is 17.2 Å². The van der Waals surface area contributed by atoms with E-state index >= 15 is 0 Å². The topological polar surface area (TPSA) is 68.8 Å². The number of alkyl halides is 3. The molecule has 21 heavy (non-hydrogen) atoms. The molecule has 0 aliphatic rings. The van der Waals surface area contributed by atoms with Crippen LogP contribution in [0.2, 0.25) is 0 Å². The molecule has 6 nitrogen and oxygen atoms in total. The van der Waals surface area contributed by atoms with Gasteiger partial charge in [-0.05, 0) is 0 Å². The first kappa shape index (κ1) is 16.7. The van der Waals surface area contributed by atoms with Gasteiger partial charge in [0.15, 0.2) is 11.5 Å². The van der Waals surface area contributed by atoms with Gasteiger partial charge in [0.25, 0.3) is 0 Å². The SMILES string of the molecule is COc1cc(OC)c(OC)cc1NC(=O)NCC(F)(F)F. The van der Waals surface area contributed by atoms with Crippen molar-refractivity contribution in [3.05, 3.63) is 12.1 Å². The molecular formula is C12H15F3N2O4. The molecule has 0 saturated carbocycles. The second kappa shape index (κ2) is 6.91. The second-order valence-corrected chi connectivity index (χ2v) is 3.83. The summed E-state index contributed by atoms with van der Waals surface area (Å²) in [7, 11) is 4.15. The number of hydrogen-bond donors (Lipinski definition) is 2. The average molecular weight is 308 g/mol.